The highest BCUT2D eigenvalue weighted by Crippen LogP contribution is 2.32. The molecule has 1 N–H and O–H groups in total. The van der Waals surface area contributed by atoms with Gasteiger partial charge < -0.3 is 10.1 Å². The van der Waals surface area contributed by atoms with E-state index in [-0.39, 0.29) is 6.10 Å². The summed E-state index contributed by atoms with van der Waals surface area (Å²) < 4.78 is 6.45. The molecule has 4 heteroatoms. The van der Waals surface area contributed by atoms with Gasteiger partial charge in [0.1, 0.15) is 11.9 Å². The fraction of sp³-hybridized carbons (Fsp3) is 0.167. The second-order valence-electron chi connectivity index (χ2n) is 7.10. The van der Waals surface area contributed by atoms with Gasteiger partial charge in [0, 0.05) is 24.7 Å². The first-order valence-corrected chi connectivity index (χ1v) is 9.64. The highest BCUT2D eigenvalue weighted by molar-refractivity contribution is 5.83. The Bertz CT molecular complexity index is 1110. The Hall–Kier alpha value is -3.24. The van der Waals surface area contributed by atoms with Gasteiger partial charge in [0.25, 0.3) is 0 Å². The molecule has 1 aliphatic heterocycles. The summed E-state index contributed by atoms with van der Waals surface area (Å²) in [5.41, 5.74) is 4.47. The molecule has 3 aromatic carbocycles. The molecule has 5 rings (SSSR count). The normalized spacial score (nSPS) is 16.4. The number of nitrogens with one attached hydrogen (secondary N) is 1. The van der Waals surface area contributed by atoms with E-state index in [1.807, 2.05) is 12.1 Å². The maximum Gasteiger partial charge on any atom is 0.125 e. The van der Waals surface area contributed by atoms with Crippen molar-refractivity contribution in [3.8, 4) is 17.0 Å². The summed E-state index contributed by atoms with van der Waals surface area (Å²) in [6.45, 7) is 1.76. The summed E-state index contributed by atoms with van der Waals surface area (Å²) in [7, 11) is 0. The topological polar surface area (TPSA) is 47.0 Å². The van der Waals surface area contributed by atoms with Gasteiger partial charge in [-0.15, -0.1) is 0 Å². The van der Waals surface area contributed by atoms with Crippen LogP contribution in [-0.2, 0) is 6.54 Å². The van der Waals surface area contributed by atoms with Crippen molar-refractivity contribution >= 4 is 10.8 Å². The number of fused-ring (bicyclic) bond motifs is 2. The average molecular weight is 367 g/mol. The van der Waals surface area contributed by atoms with Gasteiger partial charge in [-0.05, 0) is 58.8 Å². The summed E-state index contributed by atoms with van der Waals surface area (Å²) in [5, 5.41) is 14.2. The molecule has 0 aliphatic carbocycles. The van der Waals surface area contributed by atoms with Crippen LogP contribution < -0.4 is 10.1 Å². The molecule has 0 saturated carbocycles. The second kappa shape index (κ2) is 7.41. The lowest BCUT2D eigenvalue weighted by Crippen LogP contribution is -2.13. The lowest BCUT2D eigenvalue weighted by Gasteiger charge is -2.20. The van der Waals surface area contributed by atoms with Gasteiger partial charge in [-0.2, -0.15) is 10.2 Å². The third-order valence-corrected chi connectivity index (χ3v) is 5.26. The Morgan fingerprint density at radius 3 is 2.71 bits per heavy atom. The number of benzene rings is 3. The van der Waals surface area contributed by atoms with Gasteiger partial charge in [-0.25, -0.2) is 0 Å². The molecule has 1 atom stereocenters. The maximum absolute atomic E-state index is 6.45. The van der Waals surface area contributed by atoms with Crippen LogP contribution in [0.4, 0.5) is 0 Å². The Labute approximate surface area is 164 Å². The van der Waals surface area contributed by atoms with E-state index in [0.29, 0.717) is 0 Å². The van der Waals surface area contributed by atoms with E-state index in [2.05, 4.69) is 76.2 Å². The van der Waals surface area contributed by atoms with Crippen LogP contribution in [0.5, 0.6) is 5.75 Å². The predicted octanol–water partition coefficient (Wildman–Crippen LogP) is 4.91. The third kappa shape index (κ3) is 3.35. The number of ether oxygens (including phenoxy) is 1. The molecule has 0 bridgehead atoms. The van der Waals surface area contributed by atoms with E-state index in [1.165, 1.54) is 21.9 Å². The van der Waals surface area contributed by atoms with E-state index in [0.717, 1.165) is 36.5 Å². The van der Waals surface area contributed by atoms with E-state index in [1.54, 1.807) is 6.20 Å². The number of nitrogens with zero attached hydrogens (tertiary/aromatic N) is 2. The SMILES string of the molecule is c1cnnc(-c2ccc3c(c2)CNCCC3Oc2ccc3ccccc3c2)c1. The zero-order chi connectivity index (χ0) is 18.8. The molecule has 4 aromatic rings. The molecule has 1 unspecified atom stereocenters. The minimum absolute atomic E-state index is 0.0297. The van der Waals surface area contributed by atoms with Crippen LogP contribution in [0, 0.1) is 0 Å². The van der Waals surface area contributed by atoms with Crippen molar-refractivity contribution in [1.82, 2.24) is 15.5 Å². The molecular formula is C24H21N3O. The Kier molecular flexibility index (Phi) is 4.47. The fourth-order valence-electron chi connectivity index (χ4n) is 3.83. The van der Waals surface area contributed by atoms with Crippen molar-refractivity contribution in [1.29, 1.82) is 0 Å². The van der Waals surface area contributed by atoms with Crippen molar-refractivity contribution in [2.75, 3.05) is 6.54 Å². The van der Waals surface area contributed by atoms with Crippen LogP contribution in [0.15, 0.2) is 79.0 Å². The first-order valence-electron chi connectivity index (χ1n) is 9.64. The number of rotatable bonds is 3. The largest absolute Gasteiger partial charge is 0.486 e. The Morgan fingerprint density at radius 1 is 0.893 bits per heavy atom. The quantitative estimate of drug-likeness (QED) is 0.559. The number of aromatic nitrogens is 2. The summed E-state index contributed by atoms with van der Waals surface area (Å²) in [5.74, 6) is 0.912. The highest BCUT2D eigenvalue weighted by Gasteiger charge is 2.21. The Balaban J connectivity index is 1.47. The van der Waals surface area contributed by atoms with E-state index < -0.39 is 0 Å². The molecule has 0 saturated heterocycles. The van der Waals surface area contributed by atoms with Crippen LogP contribution in [0.25, 0.3) is 22.0 Å². The summed E-state index contributed by atoms with van der Waals surface area (Å²) in [6, 6.07) is 25.1. The molecule has 138 valence electrons. The van der Waals surface area contributed by atoms with Crippen LogP contribution in [0.1, 0.15) is 23.7 Å². The maximum atomic E-state index is 6.45. The number of hydrogen-bond acceptors (Lipinski definition) is 4. The van der Waals surface area contributed by atoms with Crippen molar-refractivity contribution < 1.29 is 4.74 Å². The third-order valence-electron chi connectivity index (χ3n) is 5.26. The highest BCUT2D eigenvalue weighted by atomic mass is 16.5. The monoisotopic (exact) mass is 367 g/mol. The first-order chi connectivity index (χ1) is 13.9. The summed E-state index contributed by atoms with van der Waals surface area (Å²) in [6.07, 6.45) is 2.66. The zero-order valence-electron chi connectivity index (χ0n) is 15.5. The van der Waals surface area contributed by atoms with Gasteiger partial charge in [-0.3, -0.25) is 0 Å². The molecule has 0 spiro atoms. The molecule has 4 nitrogen and oxygen atoms in total. The minimum Gasteiger partial charge on any atom is -0.486 e. The molecule has 0 radical (unpaired) electrons. The molecule has 0 fully saturated rings. The lowest BCUT2D eigenvalue weighted by atomic mass is 9.97. The van der Waals surface area contributed by atoms with E-state index >= 15 is 0 Å². The molecule has 0 amide bonds. The predicted molar refractivity (Wildman–Crippen MR) is 111 cm³/mol. The molecule has 1 aliphatic rings. The number of hydrogen-bond donors (Lipinski definition) is 1. The smallest absolute Gasteiger partial charge is 0.125 e. The molecule has 2 heterocycles. The minimum atomic E-state index is 0.0297. The average Bonchev–Trinajstić information content (AvgIpc) is 2.96. The summed E-state index contributed by atoms with van der Waals surface area (Å²) >= 11 is 0. The second-order valence-corrected chi connectivity index (χ2v) is 7.10. The van der Waals surface area contributed by atoms with E-state index in [9.17, 15) is 0 Å². The van der Waals surface area contributed by atoms with Crippen molar-refractivity contribution in [3.05, 3.63) is 90.1 Å². The molecule has 1 aromatic heterocycles. The van der Waals surface area contributed by atoms with Crippen LogP contribution in [0.3, 0.4) is 0 Å². The van der Waals surface area contributed by atoms with Crippen molar-refractivity contribution in [3.63, 3.8) is 0 Å². The van der Waals surface area contributed by atoms with Crippen LogP contribution >= 0.6 is 0 Å². The zero-order valence-corrected chi connectivity index (χ0v) is 15.5. The van der Waals surface area contributed by atoms with Crippen LogP contribution in [0.2, 0.25) is 0 Å². The lowest BCUT2D eigenvalue weighted by molar-refractivity contribution is 0.197. The van der Waals surface area contributed by atoms with E-state index in [4.69, 9.17) is 4.74 Å². The van der Waals surface area contributed by atoms with Crippen molar-refractivity contribution in [2.24, 2.45) is 0 Å². The van der Waals surface area contributed by atoms with Gasteiger partial charge in [-0.1, -0.05) is 42.5 Å². The van der Waals surface area contributed by atoms with Gasteiger partial charge >= 0.3 is 0 Å². The van der Waals surface area contributed by atoms with Crippen molar-refractivity contribution in [2.45, 2.75) is 19.1 Å². The first kappa shape index (κ1) is 16.9. The van der Waals surface area contributed by atoms with Crippen LogP contribution in [-0.4, -0.2) is 16.7 Å². The standard InChI is InChI=1S/C24H21N3O/c1-2-5-18-15-21(9-7-17(18)4-1)28-24-11-13-25-16-20-14-19(8-10-22(20)24)23-6-3-12-26-27-23/h1-10,12,14-15,24-25H,11,13,16H2. The van der Waals surface area contributed by atoms with Gasteiger partial charge in [0.2, 0.25) is 0 Å². The fourth-order valence-corrected chi connectivity index (χ4v) is 3.83. The summed E-state index contributed by atoms with van der Waals surface area (Å²) in [4.78, 5) is 0. The molecular weight excluding hydrogens is 346 g/mol. The molecule has 28 heavy (non-hydrogen) atoms. The van der Waals surface area contributed by atoms with Gasteiger partial charge in [0.05, 0.1) is 5.69 Å². The van der Waals surface area contributed by atoms with Gasteiger partial charge in [0.15, 0.2) is 0 Å². The Morgan fingerprint density at radius 2 is 1.82 bits per heavy atom.